The summed E-state index contributed by atoms with van der Waals surface area (Å²) in [6.45, 7) is 6.82. The first-order valence-electron chi connectivity index (χ1n) is 8.29. The van der Waals surface area contributed by atoms with Crippen LogP contribution in [0.15, 0.2) is 0 Å². The van der Waals surface area contributed by atoms with E-state index in [1.807, 2.05) is 0 Å². The molecule has 1 aliphatic rings. The minimum Gasteiger partial charge on any atom is -0.383 e. The minimum atomic E-state index is 0.534. The van der Waals surface area contributed by atoms with Crippen LogP contribution in [0.1, 0.15) is 23.8 Å². The predicted molar refractivity (Wildman–Crippen MR) is 93.6 cm³/mol. The molecule has 0 atom stereocenters. The summed E-state index contributed by atoms with van der Waals surface area (Å²) in [5.41, 5.74) is 1.40. The fraction of sp³-hybridized carbons (Fsp3) is 0.600. The van der Waals surface area contributed by atoms with Crippen LogP contribution < -0.4 is 5.32 Å². The Labute approximate surface area is 143 Å². The zero-order valence-electron chi connectivity index (χ0n) is 13.9. The molecule has 0 aliphatic carbocycles. The van der Waals surface area contributed by atoms with Crippen molar-refractivity contribution in [2.75, 3.05) is 38.7 Å². The third-order valence-corrected chi connectivity index (χ3v) is 5.54. The molecule has 3 aromatic heterocycles. The maximum Gasteiger partial charge on any atom is 0.276 e. The number of tetrazole rings is 1. The average molecular weight is 347 g/mol. The van der Waals surface area contributed by atoms with Crippen LogP contribution in [0.3, 0.4) is 0 Å². The summed E-state index contributed by atoms with van der Waals surface area (Å²) in [5.74, 6) is 1.40. The smallest absolute Gasteiger partial charge is 0.276 e. The van der Waals surface area contributed by atoms with Gasteiger partial charge in [-0.15, -0.1) is 11.3 Å². The lowest BCUT2D eigenvalue weighted by molar-refractivity contribution is 0.210. The molecule has 8 nitrogen and oxygen atoms in total. The lowest BCUT2D eigenvalue weighted by Gasteiger charge is -2.26. The van der Waals surface area contributed by atoms with Gasteiger partial charge in [-0.1, -0.05) is 12.0 Å². The van der Waals surface area contributed by atoms with E-state index in [9.17, 15) is 0 Å². The highest BCUT2D eigenvalue weighted by Gasteiger charge is 2.25. The van der Waals surface area contributed by atoms with Gasteiger partial charge in [0.25, 0.3) is 5.78 Å². The van der Waals surface area contributed by atoms with E-state index >= 15 is 0 Å². The Morgan fingerprint density at radius 1 is 1.38 bits per heavy atom. The Morgan fingerprint density at radius 2 is 2.29 bits per heavy atom. The van der Waals surface area contributed by atoms with Gasteiger partial charge in [0.1, 0.15) is 10.6 Å². The maximum absolute atomic E-state index is 5.14. The zero-order valence-corrected chi connectivity index (χ0v) is 14.8. The lowest BCUT2D eigenvalue weighted by Crippen LogP contribution is -2.30. The predicted octanol–water partition coefficient (Wildman–Crippen LogP) is 1.56. The molecule has 0 saturated carbocycles. The molecule has 4 heterocycles. The van der Waals surface area contributed by atoms with Crippen molar-refractivity contribution in [1.82, 2.24) is 29.9 Å². The first-order chi connectivity index (χ1) is 11.8. The van der Waals surface area contributed by atoms with Crippen molar-refractivity contribution in [2.45, 2.75) is 26.3 Å². The molecular formula is C15H21N7OS. The number of rotatable bonds is 6. The third kappa shape index (κ3) is 2.62. The Bertz CT molecular complexity index is 858. The summed E-state index contributed by atoms with van der Waals surface area (Å²) in [6.07, 6.45) is 2.23. The SMILES string of the molecule is CCCN1CCc2c(sc3c2c(NCCOC)nc2nnnn23)C1. The maximum atomic E-state index is 5.14. The molecule has 1 N–H and O–H groups in total. The molecule has 0 bridgehead atoms. The van der Waals surface area contributed by atoms with Crippen molar-refractivity contribution < 1.29 is 4.74 Å². The second-order valence-corrected chi connectivity index (χ2v) is 7.06. The molecule has 0 amide bonds. The van der Waals surface area contributed by atoms with Gasteiger partial charge in [0.05, 0.1) is 12.0 Å². The van der Waals surface area contributed by atoms with Crippen LogP contribution in [0.25, 0.3) is 16.0 Å². The second-order valence-electron chi connectivity index (χ2n) is 5.98. The summed E-state index contributed by atoms with van der Waals surface area (Å²) >= 11 is 1.78. The number of hydrogen-bond acceptors (Lipinski definition) is 8. The fourth-order valence-electron chi connectivity index (χ4n) is 3.28. The second kappa shape index (κ2) is 6.58. The van der Waals surface area contributed by atoms with Gasteiger partial charge in [0, 0.05) is 31.6 Å². The molecule has 3 aromatic rings. The van der Waals surface area contributed by atoms with Crippen LogP contribution in [-0.2, 0) is 17.7 Å². The van der Waals surface area contributed by atoms with Crippen molar-refractivity contribution in [3.63, 3.8) is 0 Å². The van der Waals surface area contributed by atoms with Crippen LogP contribution in [0.2, 0.25) is 0 Å². The van der Waals surface area contributed by atoms with E-state index in [0.29, 0.717) is 18.9 Å². The molecule has 0 fully saturated rings. The molecule has 1 aliphatic heterocycles. The van der Waals surface area contributed by atoms with Crippen LogP contribution in [0, 0.1) is 0 Å². The number of fused-ring (bicyclic) bond motifs is 5. The molecule has 0 saturated heterocycles. The van der Waals surface area contributed by atoms with Gasteiger partial charge in [0.15, 0.2) is 0 Å². The van der Waals surface area contributed by atoms with E-state index in [-0.39, 0.29) is 0 Å². The molecule has 9 heteroatoms. The molecular weight excluding hydrogens is 326 g/mol. The van der Waals surface area contributed by atoms with Crippen LogP contribution >= 0.6 is 11.3 Å². The Balaban J connectivity index is 1.82. The molecule has 0 unspecified atom stereocenters. The molecule has 24 heavy (non-hydrogen) atoms. The van der Waals surface area contributed by atoms with Crippen molar-refractivity contribution in [3.8, 4) is 0 Å². The Morgan fingerprint density at radius 3 is 3.12 bits per heavy atom. The zero-order chi connectivity index (χ0) is 16.5. The third-order valence-electron chi connectivity index (χ3n) is 4.35. The van der Waals surface area contributed by atoms with Gasteiger partial charge in [-0.2, -0.15) is 9.50 Å². The number of aromatic nitrogens is 5. The summed E-state index contributed by atoms with van der Waals surface area (Å²) in [6, 6.07) is 0. The van der Waals surface area contributed by atoms with Gasteiger partial charge < -0.3 is 10.1 Å². The monoisotopic (exact) mass is 347 g/mol. The van der Waals surface area contributed by atoms with Crippen molar-refractivity contribution in [3.05, 3.63) is 10.4 Å². The standard InChI is InChI=1S/C15H21N7OS/c1-3-6-21-7-4-10-11(9-21)24-14-12(10)13(16-5-8-23-2)17-15-18-19-20-22(14)15/h3-9H2,1-2H3,(H,16,17,18,20). The minimum absolute atomic E-state index is 0.534. The first-order valence-corrected chi connectivity index (χ1v) is 9.11. The van der Waals surface area contributed by atoms with E-state index in [0.717, 1.165) is 36.7 Å². The molecule has 0 spiro atoms. The number of hydrogen-bond donors (Lipinski definition) is 1. The molecule has 128 valence electrons. The Hall–Kier alpha value is -1.84. The van der Waals surface area contributed by atoms with E-state index in [2.05, 4.69) is 37.6 Å². The lowest BCUT2D eigenvalue weighted by atomic mass is 10.0. The molecule has 0 radical (unpaired) electrons. The van der Waals surface area contributed by atoms with Gasteiger partial charge in [0.2, 0.25) is 0 Å². The average Bonchev–Trinajstić information content (AvgIpc) is 3.18. The number of ether oxygens (including phenoxy) is 1. The Kier molecular flexibility index (Phi) is 4.30. The number of nitrogens with zero attached hydrogens (tertiary/aromatic N) is 6. The summed E-state index contributed by atoms with van der Waals surface area (Å²) < 4.78 is 6.90. The highest BCUT2D eigenvalue weighted by atomic mass is 32.1. The van der Waals surface area contributed by atoms with Gasteiger partial charge >= 0.3 is 0 Å². The van der Waals surface area contributed by atoms with Crippen molar-refractivity contribution in [2.24, 2.45) is 0 Å². The number of methoxy groups -OCH3 is 1. The number of nitrogens with one attached hydrogen (secondary N) is 1. The van der Waals surface area contributed by atoms with Crippen molar-refractivity contribution >= 4 is 33.1 Å². The van der Waals surface area contributed by atoms with E-state index < -0.39 is 0 Å². The van der Waals surface area contributed by atoms with E-state index in [4.69, 9.17) is 4.74 Å². The van der Waals surface area contributed by atoms with E-state index in [1.54, 1.807) is 23.0 Å². The van der Waals surface area contributed by atoms with Crippen molar-refractivity contribution in [1.29, 1.82) is 0 Å². The number of anilines is 1. The highest BCUT2D eigenvalue weighted by Crippen LogP contribution is 2.38. The summed E-state index contributed by atoms with van der Waals surface area (Å²) in [7, 11) is 1.70. The quantitative estimate of drug-likeness (QED) is 0.678. The molecule has 4 rings (SSSR count). The van der Waals surface area contributed by atoms with Gasteiger partial charge in [-0.05, 0) is 35.4 Å². The number of thiophene rings is 1. The fourth-order valence-corrected chi connectivity index (χ4v) is 4.62. The van der Waals surface area contributed by atoms with Crippen LogP contribution in [0.5, 0.6) is 0 Å². The first kappa shape index (κ1) is 15.7. The van der Waals surface area contributed by atoms with Gasteiger partial charge in [-0.3, -0.25) is 4.90 Å². The van der Waals surface area contributed by atoms with E-state index in [1.165, 1.54) is 22.2 Å². The largest absolute Gasteiger partial charge is 0.383 e. The highest BCUT2D eigenvalue weighted by molar-refractivity contribution is 7.19. The normalized spacial score (nSPS) is 15.2. The van der Waals surface area contributed by atoms with Crippen LogP contribution in [0.4, 0.5) is 5.82 Å². The van der Waals surface area contributed by atoms with Crippen LogP contribution in [-0.4, -0.2) is 63.3 Å². The topological polar surface area (TPSA) is 80.5 Å². The summed E-state index contributed by atoms with van der Waals surface area (Å²) in [4.78, 5) is 9.62. The van der Waals surface area contributed by atoms with Gasteiger partial charge in [-0.25, -0.2) is 0 Å². The molecule has 0 aromatic carbocycles. The summed E-state index contributed by atoms with van der Waals surface area (Å²) in [5, 5.41) is 16.5.